The highest BCUT2D eigenvalue weighted by molar-refractivity contribution is 7.97. The molecule has 28 heteroatoms. The van der Waals surface area contributed by atoms with Gasteiger partial charge in [0.1, 0.15) is 49.1 Å². The van der Waals surface area contributed by atoms with Gasteiger partial charge in [0.2, 0.25) is 0 Å². The molecule has 15 fully saturated rings. The highest BCUT2D eigenvalue weighted by Gasteiger charge is 2.73. The Hall–Kier alpha value is -7.18. The summed E-state index contributed by atoms with van der Waals surface area (Å²) in [5.74, 6) is -32.5. The molecule has 3 heterocycles. The predicted octanol–water partition coefficient (Wildman–Crippen LogP) is 23.5. The summed E-state index contributed by atoms with van der Waals surface area (Å²) >= 11 is 0. The van der Waals surface area contributed by atoms with Gasteiger partial charge < -0.3 is 37.9 Å². The second kappa shape index (κ2) is 37.6. The minimum atomic E-state index is -4.36. The molecular formula is C98H111F14O11S3+3. The predicted molar refractivity (Wildman–Crippen MR) is 452 cm³/mol. The first-order valence-corrected chi connectivity index (χ1v) is 47.4. The van der Waals surface area contributed by atoms with Crippen LogP contribution in [0, 0.1) is 58.7 Å². The summed E-state index contributed by atoms with van der Waals surface area (Å²) in [6, 6.07) is 73.5. The van der Waals surface area contributed by atoms with E-state index in [0.29, 0.717) is 81.0 Å². The first-order valence-electron chi connectivity index (χ1n) is 43.4. The van der Waals surface area contributed by atoms with Gasteiger partial charge in [-0.1, -0.05) is 142 Å². The van der Waals surface area contributed by atoms with Gasteiger partial charge in [-0.3, -0.25) is 4.79 Å². The number of carbonyl (C=O) groups excluding carboxylic acids is 3. The normalized spacial score (nSPS) is 29.3. The zero-order valence-corrected chi connectivity index (χ0v) is 74.0. The molecule has 3 aliphatic heterocycles. The summed E-state index contributed by atoms with van der Waals surface area (Å²) < 4.78 is 230. The van der Waals surface area contributed by atoms with Crippen LogP contribution in [-0.2, 0) is 90.4 Å². The summed E-state index contributed by atoms with van der Waals surface area (Å²) in [5.41, 5.74) is -1.03. The summed E-state index contributed by atoms with van der Waals surface area (Å²) in [6.45, 7) is 3.67. The van der Waals surface area contributed by atoms with Crippen LogP contribution in [0.3, 0.4) is 0 Å². The molecule has 15 aliphatic rings. The number of esters is 3. The van der Waals surface area contributed by atoms with Crippen molar-refractivity contribution in [1.82, 2.24) is 0 Å². The monoisotopic (exact) mass is 1830 g/mol. The quantitative estimate of drug-likeness (QED) is 0.0447. The van der Waals surface area contributed by atoms with E-state index < -0.39 is 138 Å². The lowest BCUT2D eigenvalue weighted by Crippen LogP contribution is -2.66. The molecule has 4 unspecified atom stereocenters. The van der Waals surface area contributed by atoms with Crippen LogP contribution in [0.15, 0.2) is 241 Å². The van der Waals surface area contributed by atoms with E-state index in [-0.39, 0.29) is 70.7 Å². The lowest BCUT2D eigenvalue weighted by molar-refractivity contribution is -0.355. The second-order valence-corrected chi connectivity index (χ2v) is 44.0. The van der Waals surface area contributed by atoms with Crippen LogP contribution in [0.1, 0.15) is 150 Å². The van der Waals surface area contributed by atoms with Crippen molar-refractivity contribution in [2.45, 2.75) is 248 Å². The van der Waals surface area contributed by atoms with Crippen molar-refractivity contribution in [3.63, 3.8) is 0 Å². The molecule has 7 aromatic carbocycles. The van der Waals surface area contributed by atoms with Gasteiger partial charge >= 0.3 is 53.4 Å². The van der Waals surface area contributed by atoms with Gasteiger partial charge in [-0.05, 0) is 228 Å². The van der Waals surface area contributed by atoms with Crippen LogP contribution < -0.4 is 0 Å². The smallest absolute Gasteiger partial charge is 0.377 e. The maximum Gasteiger partial charge on any atom is 0.377 e. The Bertz CT molecular complexity index is 4240. The Kier molecular flexibility index (Phi) is 28.3. The highest BCUT2D eigenvalue weighted by Crippen LogP contribution is 2.67. The Labute approximate surface area is 736 Å². The SMILES string of the molecule is CC(C)(C)c1ccc([S+]2CCOCC2)cc1.CC(F)(F)C(=O)OC12CC3CC(C1)C1(OCC(F)(F)C(F)(F)CO1)C(C3)C2.CC(F)(F)C(=O)OC12CC3CC(C1)C1(OCC(F)(F)C(F)(F)CO1)C(C3)C2.CC(F)(F)COC(=O)C12CC3CC(CC(C3)C1)C2.c1ccc([S+](c2ccccc2)c2ccccc2)cc1.c1ccc([S+](c2ccccc2)c2ccccc2)cc1. The molecule has 2 spiro atoms. The van der Waals surface area contributed by atoms with Gasteiger partial charge in [0.15, 0.2) is 52.4 Å². The number of alkyl halides is 14. The number of hydrogen-bond donors (Lipinski definition) is 0. The van der Waals surface area contributed by atoms with Crippen molar-refractivity contribution in [2.24, 2.45) is 58.7 Å². The summed E-state index contributed by atoms with van der Waals surface area (Å²) in [5, 5.41) is 0. The van der Waals surface area contributed by atoms with Crippen LogP contribution >= 0.6 is 0 Å². The molecule has 22 rings (SSSR count). The standard InChI is InChI=1S/2C18H15S.2C17H20F6O4.C14H20F2O2.C14H21OS/c2*1-4-10-16(11-5-1)19(17-12-6-2-7-13-17)18-14-8-3-9-15-18;2*1-13(18,19)12(24)27-14-4-9-2-10(5-14)17(11(3-9)6-14)25-7-15(20,21)16(22,23)8-26-17;1-13(15,16)8-18-12(17)14-5-9-2-10(6-14)4-11(3-9)7-14;1-14(2,3)12-4-6-13(7-5-12)16-10-8-15-9-11-16/h2*1-15H;2*9-11H,2-8H2,1H3;9-11H,2-8H2,1H3;4-7H,8-11H2,1-3H3/q2*+1;;;;+1. The van der Waals surface area contributed by atoms with E-state index in [1.165, 1.54) is 70.6 Å². The van der Waals surface area contributed by atoms with E-state index in [9.17, 15) is 75.8 Å². The van der Waals surface area contributed by atoms with Gasteiger partial charge in [-0.2, -0.15) is 52.7 Å². The molecule has 7 aromatic rings. The first kappa shape index (κ1) is 94.9. The lowest BCUT2D eigenvalue weighted by Gasteiger charge is -2.63. The fourth-order valence-corrected chi connectivity index (χ4v) is 27.6. The van der Waals surface area contributed by atoms with Gasteiger partial charge in [0.05, 0.1) is 40.4 Å². The molecule has 12 saturated carbocycles. The molecule has 0 aromatic heterocycles. The molecule has 0 amide bonds. The fraction of sp³-hybridized carbons (Fsp3) is 0.541. The molecule has 0 radical (unpaired) electrons. The largest absolute Gasteiger partial charge is 0.459 e. The first-order chi connectivity index (χ1) is 59.4. The molecule has 12 bridgehead atoms. The number of carbonyl (C=O) groups is 3. The number of ether oxygens (including phenoxy) is 8. The van der Waals surface area contributed by atoms with E-state index >= 15 is 0 Å². The maximum atomic E-state index is 13.7. The zero-order valence-electron chi connectivity index (χ0n) is 71.5. The van der Waals surface area contributed by atoms with Gasteiger partial charge in [0, 0.05) is 55.3 Å². The highest BCUT2D eigenvalue weighted by atomic mass is 32.2. The molecular weight excluding hydrogens is 1720 g/mol. The van der Waals surface area contributed by atoms with Gasteiger partial charge in [-0.15, -0.1) is 0 Å². The Morgan fingerprint density at radius 3 is 0.897 bits per heavy atom. The lowest BCUT2D eigenvalue weighted by atomic mass is 9.49. The fourth-order valence-electron chi connectivity index (χ4n) is 21.6. The van der Waals surface area contributed by atoms with E-state index in [4.69, 9.17) is 37.9 Å². The molecule has 682 valence electrons. The molecule has 12 aliphatic carbocycles. The number of rotatable bonds is 14. The average Bonchev–Trinajstić information content (AvgIpc) is 1.16. The molecule has 11 nitrogen and oxygen atoms in total. The number of hydrogen-bond acceptors (Lipinski definition) is 11. The van der Waals surface area contributed by atoms with E-state index in [0.717, 1.165) is 39.4 Å². The Morgan fingerprint density at radius 2 is 0.643 bits per heavy atom. The molecule has 126 heavy (non-hydrogen) atoms. The van der Waals surface area contributed by atoms with E-state index in [1.54, 1.807) is 0 Å². The third-order valence-corrected chi connectivity index (χ3v) is 33.4. The number of halogens is 14. The van der Waals surface area contributed by atoms with Crippen molar-refractivity contribution in [1.29, 1.82) is 0 Å². The maximum absolute atomic E-state index is 13.7. The van der Waals surface area contributed by atoms with Crippen LogP contribution in [0.2, 0.25) is 0 Å². The average molecular weight is 1830 g/mol. The molecule has 0 N–H and O–H groups in total. The third-order valence-electron chi connectivity index (χ3n) is 26.7. The third kappa shape index (κ3) is 21.5. The topological polar surface area (TPSA) is 125 Å². The van der Waals surface area contributed by atoms with Crippen LogP contribution in [0.4, 0.5) is 61.5 Å². The molecule has 4 atom stereocenters. The second-order valence-electron chi connectivity index (χ2n) is 37.6. The van der Waals surface area contributed by atoms with Crippen molar-refractivity contribution >= 4 is 50.6 Å². The van der Waals surface area contributed by atoms with Crippen molar-refractivity contribution in [3.05, 3.63) is 212 Å². The van der Waals surface area contributed by atoms with E-state index in [2.05, 4.69) is 227 Å². The van der Waals surface area contributed by atoms with Crippen molar-refractivity contribution < 1.29 is 114 Å². The summed E-state index contributed by atoms with van der Waals surface area (Å²) in [7, 11) is 0.403. The van der Waals surface area contributed by atoms with Crippen LogP contribution in [-0.4, -0.2) is 140 Å². The Balaban J connectivity index is 0.000000124. The van der Waals surface area contributed by atoms with Crippen LogP contribution in [0.5, 0.6) is 0 Å². The van der Waals surface area contributed by atoms with Crippen molar-refractivity contribution in [3.8, 4) is 0 Å². The minimum absolute atomic E-state index is 0.0146. The van der Waals surface area contributed by atoms with Crippen LogP contribution in [0.25, 0.3) is 0 Å². The van der Waals surface area contributed by atoms with Gasteiger partial charge in [-0.25, -0.2) is 18.4 Å². The van der Waals surface area contributed by atoms with Crippen molar-refractivity contribution in [2.75, 3.05) is 57.8 Å². The summed E-state index contributed by atoms with van der Waals surface area (Å²) in [6.07, 6.45) is 9.23. The zero-order chi connectivity index (χ0) is 90.2. The minimum Gasteiger partial charge on any atom is -0.459 e. The number of benzene rings is 7. The summed E-state index contributed by atoms with van der Waals surface area (Å²) in [4.78, 5) is 45.3. The van der Waals surface area contributed by atoms with E-state index in [1.807, 2.05) is 0 Å². The Morgan fingerprint density at radius 1 is 0.373 bits per heavy atom. The molecule has 3 saturated heterocycles. The van der Waals surface area contributed by atoms with Gasteiger partial charge in [0.25, 0.3) is 5.92 Å².